The lowest BCUT2D eigenvalue weighted by Gasteiger charge is -2.30. The Morgan fingerprint density at radius 3 is 2.62 bits per heavy atom. The van der Waals surface area contributed by atoms with Crippen molar-refractivity contribution in [1.82, 2.24) is 10.2 Å². The first kappa shape index (κ1) is 20.0. The summed E-state index contributed by atoms with van der Waals surface area (Å²) in [6.45, 7) is 6.08. The number of aliphatic hydroxyl groups is 1. The molecule has 3 heterocycles. The third kappa shape index (κ3) is 2.66. The number of amides is 3. The van der Waals surface area contributed by atoms with Gasteiger partial charge < -0.3 is 15.2 Å². The number of methoxy groups -OCH3 is 1. The molecule has 1 spiro atoms. The van der Waals surface area contributed by atoms with E-state index in [1.165, 1.54) is 4.90 Å². The Hall–Kier alpha value is -2.29. The van der Waals surface area contributed by atoms with E-state index < -0.39 is 29.5 Å². The topological polar surface area (TPSA) is 108 Å². The number of carbonyl (C=O) groups excluding carboxylic acids is 3. The summed E-state index contributed by atoms with van der Waals surface area (Å²) in [6.07, 6.45) is -0.380. The van der Waals surface area contributed by atoms with Crippen LogP contribution in [0.15, 0.2) is 12.1 Å². The number of nitrogens with zero attached hydrogens (tertiary/aromatic N) is 1. The zero-order chi connectivity index (χ0) is 21.1. The minimum absolute atomic E-state index is 0.239. The number of likely N-dealkylation sites (tertiary alicyclic amines) is 1. The predicted octanol–water partition coefficient (Wildman–Crippen LogP) is 0.441. The molecular formula is C21H27N3O5. The summed E-state index contributed by atoms with van der Waals surface area (Å²) in [5, 5.41) is 16.5. The van der Waals surface area contributed by atoms with Crippen LogP contribution in [0.25, 0.3) is 0 Å². The molecule has 5 atom stereocenters. The van der Waals surface area contributed by atoms with Gasteiger partial charge in [0.15, 0.2) is 0 Å². The Bertz CT molecular complexity index is 899. The van der Waals surface area contributed by atoms with Gasteiger partial charge >= 0.3 is 0 Å². The maximum absolute atomic E-state index is 13.4. The second-order valence-electron chi connectivity index (χ2n) is 8.36. The zero-order valence-corrected chi connectivity index (χ0v) is 17.1. The first-order valence-corrected chi connectivity index (χ1v) is 9.97. The fraction of sp³-hybridized carbons (Fsp3) is 0.571. The first-order valence-electron chi connectivity index (χ1n) is 9.97. The summed E-state index contributed by atoms with van der Waals surface area (Å²) < 4.78 is 5.04. The van der Waals surface area contributed by atoms with Crippen molar-refractivity contribution in [3.63, 3.8) is 0 Å². The summed E-state index contributed by atoms with van der Waals surface area (Å²) in [6, 6.07) is 3.16. The average molecular weight is 401 g/mol. The standard InChI is InChI=1S/C21H27N3O5/c1-10-8-11(2)16-13(9-10)21(20(28)22-16)15-14(17(23-21)12(3)25)18(26)24(19(15)27)6-5-7-29-4/h8-9,12,14-15,17,23,25H,5-7H2,1-4H3,(H,22,28)/t12-,14-,15-,17-,21+/m0/s1. The Morgan fingerprint density at radius 1 is 1.24 bits per heavy atom. The lowest BCUT2D eigenvalue weighted by atomic mass is 9.75. The Labute approximate surface area is 169 Å². The number of anilines is 1. The lowest BCUT2D eigenvalue weighted by Crippen LogP contribution is -2.54. The van der Waals surface area contributed by atoms with Crippen molar-refractivity contribution in [1.29, 1.82) is 0 Å². The van der Waals surface area contributed by atoms with E-state index in [-0.39, 0.29) is 24.3 Å². The molecule has 2 fully saturated rings. The highest BCUT2D eigenvalue weighted by atomic mass is 16.5. The van der Waals surface area contributed by atoms with Gasteiger partial charge in [0.1, 0.15) is 5.54 Å². The van der Waals surface area contributed by atoms with Crippen molar-refractivity contribution in [3.05, 3.63) is 28.8 Å². The highest BCUT2D eigenvalue weighted by Gasteiger charge is 2.71. The molecule has 1 aromatic rings. The third-order valence-corrected chi connectivity index (χ3v) is 6.44. The molecule has 8 heteroatoms. The van der Waals surface area contributed by atoms with Crippen molar-refractivity contribution in [2.75, 3.05) is 25.6 Å². The van der Waals surface area contributed by atoms with Crippen molar-refractivity contribution in [2.45, 2.75) is 44.9 Å². The van der Waals surface area contributed by atoms with Crippen LogP contribution in [0.5, 0.6) is 0 Å². The number of hydrogen-bond donors (Lipinski definition) is 3. The molecule has 3 aliphatic rings. The molecule has 8 nitrogen and oxygen atoms in total. The van der Waals surface area contributed by atoms with Crippen LogP contribution in [-0.4, -0.2) is 60.1 Å². The van der Waals surface area contributed by atoms with E-state index >= 15 is 0 Å². The van der Waals surface area contributed by atoms with E-state index in [0.29, 0.717) is 24.3 Å². The molecule has 29 heavy (non-hydrogen) atoms. The number of imide groups is 1. The van der Waals surface area contributed by atoms with Crippen molar-refractivity contribution < 1.29 is 24.2 Å². The number of fused-ring (bicyclic) bond motifs is 4. The molecule has 0 unspecified atom stereocenters. The molecule has 3 amide bonds. The summed E-state index contributed by atoms with van der Waals surface area (Å²) in [5.74, 6) is -2.73. The number of rotatable bonds is 5. The minimum atomic E-state index is -1.36. The van der Waals surface area contributed by atoms with E-state index in [2.05, 4.69) is 10.6 Å². The molecule has 3 aliphatic heterocycles. The van der Waals surface area contributed by atoms with E-state index in [0.717, 1.165) is 11.1 Å². The fourth-order valence-electron chi connectivity index (χ4n) is 5.25. The number of aryl methyl sites for hydroxylation is 2. The van der Waals surface area contributed by atoms with Gasteiger partial charge in [0.05, 0.1) is 17.9 Å². The summed E-state index contributed by atoms with van der Waals surface area (Å²) in [4.78, 5) is 41.1. The van der Waals surface area contributed by atoms with Gasteiger partial charge in [0.2, 0.25) is 17.7 Å². The minimum Gasteiger partial charge on any atom is -0.392 e. The normalized spacial score (nSPS) is 31.4. The number of aliphatic hydroxyl groups excluding tert-OH is 1. The molecule has 3 N–H and O–H groups in total. The molecule has 4 rings (SSSR count). The zero-order valence-electron chi connectivity index (χ0n) is 17.1. The molecule has 1 aromatic carbocycles. The number of nitrogens with one attached hydrogen (secondary N) is 2. The quantitative estimate of drug-likeness (QED) is 0.488. The van der Waals surface area contributed by atoms with Crippen molar-refractivity contribution in [2.24, 2.45) is 11.8 Å². The highest BCUT2D eigenvalue weighted by Crippen LogP contribution is 2.54. The van der Waals surface area contributed by atoms with Gasteiger partial charge in [-0.3, -0.25) is 24.6 Å². The third-order valence-electron chi connectivity index (χ3n) is 6.44. The maximum atomic E-state index is 13.4. The van der Waals surface area contributed by atoms with E-state index in [4.69, 9.17) is 4.74 Å². The summed E-state index contributed by atoms with van der Waals surface area (Å²) >= 11 is 0. The second-order valence-corrected chi connectivity index (χ2v) is 8.36. The second kappa shape index (κ2) is 6.90. The van der Waals surface area contributed by atoms with Crippen LogP contribution in [0.3, 0.4) is 0 Å². The van der Waals surface area contributed by atoms with Gasteiger partial charge in [-0.2, -0.15) is 0 Å². The molecular weight excluding hydrogens is 374 g/mol. The van der Waals surface area contributed by atoms with Crippen LogP contribution in [0.4, 0.5) is 5.69 Å². The molecule has 2 saturated heterocycles. The van der Waals surface area contributed by atoms with Gasteiger partial charge in [0.25, 0.3) is 0 Å². The average Bonchev–Trinajstić information content (AvgIpc) is 3.24. The molecule has 0 aliphatic carbocycles. The van der Waals surface area contributed by atoms with Crippen LogP contribution in [-0.2, 0) is 24.7 Å². The van der Waals surface area contributed by atoms with Crippen molar-refractivity contribution in [3.8, 4) is 0 Å². The largest absolute Gasteiger partial charge is 0.392 e. The smallest absolute Gasteiger partial charge is 0.250 e. The van der Waals surface area contributed by atoms with Crippen LogP contribution in [0.1, 0.15) is 30.0 Å². The molecule has 0 bridgehead atoms. The van der Waals surface area contributed by atoms with Crippen LogP contribution >= 0.6 is 0 Å². The van der Waals surface area contributed by atoms with Gasteiger partial charge in [-0.1, -0.05) is 17.7 Å². The van der Waals surface area contributed by atoms with E-state index in [1.807, 2.05) is 26.0 Å². The Balaban J connectivity index is 1.84. The first-order chi connectivity index (χ1) is 13.7. The van der Waals surface area contributed by atoms with Crippen LogP contribution < -0.4 is 10.6 Å². The SMILES string of the molecule is COCCCN1C(=O)[C@@H]2[C@H]([C@H](C)O)N[C@@]3(C(=O)Nc4c(C)cc(C)cc43)[C@@H]2C1=O. The van der Waals surface area contributed by atoms with Gasteiger partial charge in [-0.15, -0.1) is 0 Å². The Morgan fingerprint density at radius 2 is 1.97 bits per heavy atom. The number of benzene rings is 1. The molecule has 0 saturated carbocycles. The van der Waals surface area contributed by atoms with Crippen LogP contribution in [0.2, 0.25) is 0 Å². The van der Waals surface area contributed by atoms with Gasteiger partial charge in [-0.25, -0.2) is 0 Å². The summed E-state index contributed by atoms with van der Waals surface area (Å²) in [5.41, 5.74) is 1.86. The highest BCUT2D eigenvalue weighted by molar-refractivity contribution is 6.15. The van der Waals surface area contributed by atoms with Crippen LogP contribution in [0, 0.1) is 25.7 Å². The monoisotopic (exact) mass is 401 g/mol. The predicted molar refractivity (Wildman–Crippen MR) is 105 cm³/mol. The summed E-state index contributed by atoms with van der Waals surface area (Å²) in [7, 11) is 1.56. The van der Waals surface area contributed by atoms with Gasteiger partial charge in [-0.05, 0) is 32.8 Å². The molecule has 0 aromatic heterocycles. The Kier molecular flexibility index (Phi) is 4.76. The molecule has 156 valence electrons. The lowest BCUT2D eigenvalue weighted by molar-refractivity contribution is -0.143. The van der Waals surface area contributed by atoms with Crippen molar-refractivity contribution >= 4 is 23.4 Å². The fourth-order valence-corrected chi connectivity index (χ4v) is 5.25. The van der Waals surface area contributed by atoms with E-state index in [9.17, 15) is 19.5 Å². The van der Waals surface area contributed by atoms with E-state index in [1.54, 1.807) is 14.0 Å². The van der Waals surface area contributed by atoms with Gasteiger partial charge in [0, 0.05) is 37.6 Å². The maximum Gasteiger partial charge on any atom is 0.250 e. The number of carbonyl (C=O) groups is 3. The number of ether oxygens (including phenoxy) is 1. The number of hydrogen-bond acceptors (Lipinski definition) is 6. The molecule has 0 radical (unpaired) electrons.